The Hall–Kier alpha value is -4.58. The van der Waals surface area contributed by atoms with Crippen LogP contribution in [0.3, 0.4) is 0 Å². The number of aromatic nitrogens is 6. The van der Waals surface area contributed by atoms with Gasteiger partial charge in [0.2, 0.25) is 5.95 Å². The number of carbonyl (C=O) groups is 1. The second-order valence-electron chi connectivity index (χ2n) is 9.56. The van der Waals surface area contributed by atoms with Gasteiger partial charge in [-0.2, -0.15) is 20.2 Å². The molecule has 3 aromatic heterocycles. The minimum Gasteiger partial charge on any atom is -0.348 e. The fourth-order valence-corrected chi connectivity index (χ4v) is 4.32. The molecule has 0 saturated heterocycles. The second-order valence-corrected chi connectivity index (χ2v) is 9.97. The summed E-state index contributed by atoms with van der Waals surface area (Å²) in [6.45, 7) is 7.78. The van der Waals surface area contributed by atoms with Crippen LogP contribution < -0.4 is 16.0 Å². The molecule has 206 valence electrons. The summed E-state index contributed by atoms with van der Waals surface area (Å²) in [5.41, 5.74) is 2.02. The normalized spacial score (nSPS) is 12.1. The first-order valence-electron chi connectivity index (χ1n) is 12.5. The zero-order valence-corrected chi connectivity index (χ0v) is 22.8. The first-order valence-corrected chi connectivity index (χ1v) is 12.8. The molecule has 5 aromatic rings. The van der Waals surface area contributed by atoms with Gasteiger partial charge < -0.3 is 16.0 Å². The molecule has 1 unspecified atom stereocenters. The Balaban J connectivity index is 1.44. The van der Waals surface area contributed by atoms with Crippen molar-refractivity contribution in [1.82, 2.24) is 29.9 Å². The van der Waals surface area contributed by atoms with E-state index in [1.54, 1.807) is 29.1 Å². The smallest absolute Gasteiger partial charge is 0.257 e. The third-order valence-electron chi connectivity index (χ3n) is 6.15. The van der Waals surface area contributed by atoms with Gasteiger partial charge in [-0.15, -0.1) is 0 Å². The maximum Gasteiger partial charge on any atom is 0.257 e. The van der Waals surface area contributed by atoms with Gasteiger partial charge in [-0.05, 0) is 57.5 Å². The molecule has 4 N–H and O–H groups in total. The van der Waals surface area contributed by atoms with Gasteiger partial charge >= 0.3 is 0 Å². The molecule has 1 atom stereocenters. The first kappa shape index (κ1) is 27.0. The van der Waals surface area contributed by atoms with Crippen molar-refractivity contribution < 1.29 is 13.6 Å². The van der Waals surface area contributed by atoms with E-state index in [0.29, 0.717) is 28.8 Å². The summed E-state index contributed by atoms with van der Waals surface area (Å²) in [4.78, 5) is 22.3. The third kappa shape index (κ3) is 5.57. The van der Waals surface area contributed by atoms with Crippen molar-refractivity contribution in [3.05, 3.63) is 82.1 Å². The van der Waals surface area contributed by atoms with Crippen molar-refractivity contribution >= 4 is 51.8 Å². The van der Waals surface area contributed by atoms with Gasteiger partial charge in [-0.1, -0.05) is 17.7 Å². The molecule has 0 aliphatic heterocycles. The van der Waals surface area contributed by atoms with Crippen LogP contribution in [-0.4, -0.2) is 35.9 Å². The van der Waals surface area contributed by atoms with E-state index in [2.05, 4.69) is 36.2 Å². The minimum absolute atomic E-state index is 0.0541. The number of anilines is 4. The summed E-state index contributed by atoms with van der Waals surface area (Å²) in [6.07, 6.45) is 1.70. The number of amides is 1. The van der Waals surface area contributed by atoms with E-state index in [4.69, 9.17) is 16.6 Å². The molecule has 0 bridgehead atoms. The lowest BCUT2D eigenvalue weighted by Gasteiger charge is -2.17. The molecule has 1 amide bonds. The number of nitrogens with zero attached hydrogens (tertiary/aromatic N) is 5. The highest BCUT2D eigenvalue weighted by atomic mass is 35.5. The van der Waals surface area contributed by atoms with Crippen LogP contribution in [0.4, 0.5) is 32.1 Å². The maximum absolute atomic E-state index is 14.1. The number of aryl methyl sites for hydroxylation is 1. The Morgan fingerprint density at radius 1 is 1.07 bits per heavy atom. The standard InChI is InChI=1S/C27H26ClF2N9O/c1-13(2)39-25-19(12-31-39)24(34-23-9-14(3)37-38-23)35-27(36-25)32-15(4)16-5-7-20(28)18(10-16)26(40)33-22-11-17(29)6-8-21(22)30/h5-13,15H,1-4H3,(H,33,40)(H3,32,34,35,36,37,38). The Morgan fingerprint density at radius 3 is 2.60 bits per heavy atom. The van der Waals surface area contributed by atoms with E-state index in [-0.39, 0.29) is 28.4 Å². The van der Waals surface area contributed by atoms with Crippen molar-refractivity contribution in [2.75, 3.05) is 16.0 Å². The number of H-pyrrole nitrogens is 1. The fourth-order valence-electron chi connectivity index (χ4n) is 4.11. The summed E-state index contributed by atoms with van der Waals surface area (Å²) in [6, 6.07) is 9.24. The number of rotatable bonds is 8. The number of benzene rings is 2. The third-order valence-corrected chi connectivity index (χ3v) is 6.48. The Labute approximate surface area is 233 Å². The van der Waals surface area contributed by atoms with E-state index < -0.39 is 17.5 Å². The maximum atomic E-state index is 14.1. The number of fused-ring (bicyclic) bond motifs is 1. The van der Waals surface area contributed by atoms with E-state index in [1.807, 2.05) is 33.8 Å². The first-order chi connectivity index (χ1) is 19.1. The minimum atomic E-state index is -0.764. The van der Waals surface area contributed by atoms with Crippen LogP contribution in [0.15, 0.2) is 48.7 Å². The molecule has 0 spiro atoms. The van der Waals surface area contributed by atoms with E-state index >= 15 is 0 Å². The monoisotopic (exact) mass is 565 g/mol. The fraction of sp³-hybridized carbons (Fsp3) is 0.222. The Morgan fingerprint density at radius 2 is 1.88 bits per heavy atom. The predicted octanol–water partition coefficient (Wildman–Crippen LogP) is 6.54. The van der Waals surface area contributed by atoms with Crippen molar-refractivity contribution in [3.8, 4) is 0 Å². The van der Waals surface area contributed by atoms with Gasteiger partial charge in [-0.3, -0.25) is 9.89 Å². The van der Waals surface area contributed by atoms with Crippen molar-refractivity contribution in [1.29, 1.82) is 0 Å². The van der Waals surface area contributed by atoms with E-state index in [0.717, 1.165) is 29.3 Å². The van der Waals surface area contributed by atoms with E-state index in [9.17, 15) is 13.6 Å². The molecule has 0 aliphatic rings. The number of carbonyl (C=O) groups excluding carboxylic acids is 1. The molecule has 40 heavy (non-hydrogen) atoms. The van der Waals surface area contributed by atoms with Crippen LogP contribution in [-0.2, 0) is 0 Å². The van der Waals surface area contributed by atoms with Gasteiger partial charge in [0.05, 0.1) is 33.9 Å². The molecule has 3 heterocycles. The second kappa shape index (κ2) is 10.9. The molecule has 2 aromatic carbocycles. The predicted molar refractivity (Wildman–Crippen MR) is 150 cm³/mol. The van der Waals surface area contributed by atoms with Crippen LogP contribution in [0, 0.1) is 18.6 Å². The highest BCUT2D eigenvalue weighted by Gasteiger charge is 2.19. The molecule has 0 fully saturated rings. The Bertz CT molecular complexity index is 1720. The van der Waals surface area contributed by atoms with Crippen molar-refractivity contribution in [2.24, 2.45) is 0 Å². The molecule has 5 rings (SSSR count). The highest BCUT2D eigenvalue weighted by Crippen LogP contribution is 2.29. The van der Waals surface area contributed by atoms with Crippen LogP contribution in [0.5, 0.6) is 0 Å². The molecule has 0 saturated carbocycles. The van der Waals surface area contributed by atoms with Gasteiger partial charge in [0.15, 0.2) is 11.5 Å². The average molecular weight is 566 g/mol. The lowest BCUT2D eigenvalue weighted by Crippen LogP contribution is -2.16. The van der Waals surface area contributed by atoms with Gasteiger partial charge in [0, 0.05) is 23.9 Å². The topological polar surface area (TPSA) is 125 Å². The molecule has 0 aliphatic carbocycles. The summed E-state index contributed by atoms with van der Waals surface area (Å²) < 4.78 is 29.4. The largest absolute Gasteiger partial charge is 0.348 e. The van der Waals surface area contributed by atoms with Crippen LogP contribution in [0.1, 0.15) is 54.5 Å². The number of aromatic amines is 1. The van der Waals surface area contributed by atoms with Crippen LogP contribution in [0.25, 0.3) is 11.0 Å². The molecular formula is C27H26ClF2N9O. The zero-order chi connectivity index (χ0) is 28.6. The highest BCUT2D eigenvalue weighted by molar-refractivity contribution is 6.34. The number of nitrogens with one attached hydrogen (secondary N) is 4. The van der Waals surface area contributed by atoms with Gasteiger partial charge in [0.1, 0.15) is 17.5 Å². The molecule has 0 radical (unpaired) electrons. The van der Waals surface area contributed by atoms with Gasteiger partial charge in [0.25, 0.3) is 5.91 Å². The summed E-state index contributed by atoms with van der Waals surface area (Å²) >= 11 is 6.29. The summed E-state index contributed by atoms with van der Waals surface area (Å²) in [7, 11) is 0. The van der Waals surface area contributed by atoms with Crippen LogP contribution >= 0.6 is 11.6 Å². The quantitative estimate of drug-likeness (QED) is 0.168. The van der Waals surface area contributed by atoms with Crippen molar-refractivity contribution in [3.63, 3.8) is 0 Å². The SMILES string of the molecule is Cc1cc(Nc2nc(NC(C)c3ccc(Cl)c(C(=O)Nc4cc(F)ccc4F)c3)nc3c2cnn3C(C)C)n[nH]1. The average Bonchev–Trinajstić information content (AvgIpc) is 3.52. The number of hydrogen-bond donors (Lipinski definition) is 4. The summed E-state index contributed by atoms with van der Waals surface area (Å²) in [5.74, 6) is -0.688. The van der Waals surface area contributed by atoms with Crippen molar-refractivity contribution in [2.45, 2.75) is 39.8 Å². The van der Waals surface area contributed by atoms with Crippen LogP contribution in [0.2, 0.25) is 5.02 Å². The lowest BCUT2D eigenvalue weighted by atomic mass is 10.0. The number of hydrogen-bond acceptors (Lipinski definition) is 7. The lowest BCUT2D eigenvalue weighted by molar-refractivity contribution is 0.102. The number of halogens is 3. The van der Waals surface area contributed by atoms with Gasteiger partial charge in [-0.25, -0.2) is 13.5 Å². The molecule has 10 nitrogen and oxygen atoms in total. The summed E-state index contributed by atoms with van der Waals surface area (Å²) in [5, 5.41) is 21.4. The zero-order valence-electron chi connectivity index (χ0n) is 22.1. The Kier molecular flexibility index (Phi) is 7.35. The van der Waals surface area contributed by atoms with E-state index in [1.165, 1.54) is 0 Å². The molecule has 13 heteroatoms. The molecular weight excluding hydrogens is 540 g/mol.